The molecule has 0 aliphatic rings. The second kappa shape index (κ2) is 7.96. The van der Waals surface area contributed by atoms with Crippen molar-refractivity contribution in [3.8, 4) is 16.4 Å². The molecule has 0 saturated carbocycles. The number of carbonyl (C=O) groups is 1. The first-order chi connectivity index (χ1) is 13.6. The molecule has 0 aliphatic carbocycles. The van der Waals surface area contributed by atoms with E-state index in [4.69, 9.17) is 11.6 Å². The molecule has 0 atom stereocenters. The van der Waals surface area contributed by atoms with Crippen LogP contribution < -0.4 is 0 Å². The summed E-state index contributed by atoms with van der Waals surface area (Å²) in [5, 5.41) is 7.16. The van der Waals surface area contributed by atoms with E-state index in [9.17, 15) is 4.79 Å². The molecule has 2 heterocycles. The number of aromatic nitrogens is 3. The molecule has 0 N–H and O–H groups in total. The molecule has 4 aromatic rings. The van der Waals surface area contributed by atoms with Crippen molar-refractivity contribution in [1.29, 1.82) is 0 Å². The van der Waals surface area contributed by atoms with Gasteiger partial charge in [-0.05, 0) is 41.3 Å². The van der Waals surface area contributed by atoms with Gasteiger partial charge in [-0.2, -0.15) is 0 Å². The van der Waals surface area contributed by atoms with E-state index in [2.05, 4.69) is 10.1 Å². The smallest absolute Gasteiger partial charge is 0.293 e. The van der Waals surface area contributed by atoms with E-state index in [1.54, 1.807) is 28.0 Å². The number of hydrogen-bond donors (Lipinski definition) is 0. The minimum Gasteiger partial charge on any atom is -0.335 e. The summed E-state index contributed by atoms with van der Waals surface area (Å²) in [6, 6.07) is 21.0. The van der Waals surface area contributed by atoms with E-state index < -0.39 is 0 Å². The van der Waals surface area contributed by atoms with Crippen LogP contribution in [0.2, 0.25) is 5.02 Å². The molecule has 2 aromatic heterocycles. The summed E-state index contributed by atoms with van der Waals surface area (Å²) < 4.78 is 1.72. The monoisotopic (exact) mass is 408 g/mol. The van der Waals surface area contributed by atoms with Gasteiger partial charge in [-0.3, -0.25) is 4.79 Å². The van der Waals surface area contributed by atoms with Crippen LogP contribution in [0.5, 0.6) is 0 Å². The van der Waals surface area contributed by atoms with Gasteiger partial charge >= 0.3 is 0 Å². The van der Waals surface area contributed by atoms with Gasteiger partial charge in [0.2, 0.25) is 5.82 Å². The molecule has 0 saturated heterocycles. The van der Waals surface area contributed by atoms with Gasteiger partial charge in [-0.15, -0.1) is 16.4 Å². The van der Waals surface area contributed by atoms with Crippen LogP contribution in [0.25, 0.3) is 16.4 Å². The van der Waals surface area contributed by atoms with Crippen molar-refractivity contribution in [2.24, 2.45) is 0 Å². The Morgan fingerprint density at radius 3 is 2.50 bits per heavy atom. The highest BCUT2D eigenvalue weighted by molar-refractivity contribution is 7.13. The molecular formula is C21H17ClN4OS. The third-order valence-corrected chi connectivity index (χ3v) is 5.34. The van der Waals surface area contributed by atoms with Crippen molar-refractivity contribution in [3.63, 3.8) is 0 Å². The number of para-hydroxylation sites is 1. The normalized spacial score (nSPS) is 10.8. The van der Waals surface area contributed by atoms with E-state index in [-0.39, 0.29) is 11.7 Å². The highest BCUT2D eigenvalue weighted by Crippen LogP contribution is 2.26. The number of amides is 1. The molecule has 4 rings (SSSR count). The predicted molar refractivity (Wildman–Crippen MR) is 112 cm³/mol. The van der Waals surface area contributed by atoms with Crippen molar-refractivity contribution < 1.29 is 4.79 Å². The maximum Gasteiger partial charge on any atom is 0.293 e. The van der Waals surface area contributed by atoms with Crippen LogP contribution in [0.15, 0.2) is 72.1 Å². The van der Waals surface area contributed by atoms with Crippen LogP contribution in [-0.2, 0) is 6.54 Å². The topological polar surface area (TPSA) is 51.0 Å². The number of hydrogen-bond acceptors (Lipinski definition) is 4. The third-order valence-electron chi connectivity index (χ3n) is 4.22. The molecule has 28 heavy (non-hydrogen) atoms. The Morgan fingerprint density at radius 2 is 1.82 bits per heavy atom. The Bertz CT molecular complexity index is 1080. The Morgan fingerprint density at radius 1 is 1.07 bits per heavy atom. The summed E-state index contributed by atoms with van der Waals surface area (Å²) in [5.41, 5.74) is 1.85. The van der Waals surface area contributed by atoms with Gasteiger partial charge in [0.1, 0.15) is 0 Å². The largest absolute Gasteiger partial charge is 0.335 e. The van der Waals surface area contributed by atoms with Crippen LogP contribution in [0, 0.1) is 0 Å². The molecule has 0 fully saturated rings. The lowest BCUT2D eigenvalue weighted by Gasteiger charge is -2.15. The highest BCUT2D eigenvalue weighted by atomic mass is 35.5. The van der Waals surface area contributed by atoms with Gasteiger partial charge in [0.25, 0.3) is 5.91 Å². The number of carbonyl (C=O) groups excluding carboxylic acids is 1. The molecule has 0 spiro atoms. The molecule has 1 amide bonds. The molecule has 5 nitrogen and oxygen atoms in total. The average Bonchev–Trinajstić information content (AvgIpc) is 3.39. The molecule has 0 bridgehead atoms. The van der Waals surface area contributed by atoms with Crippen molar-refractivity contribution in [1.82, 2.24) is 19.7 Å². The molecule has 2 aromatic carbocycles. The van der Waals surface area contributed by atoms with Crippen LogP contribution in [0.1, 0.15) is 16.2 Å². The summed E-state index contributed by atoms with van der Waals surface area (Å²) >= 11 is 7.49. The van der Waals surface area contributed by atoms with Gasteiger partial charge in [0.15, 0.2) is 5.82 Å². The van der Waals surface area contributed by atoms with Crippen molar-refractivity contribution >= 4 is 28.8 Å². The molecule has 0 unspecified atom stereocenters. The minimum atomic E-state index is -0.234. The van der Waals surface area contributed by atoms with Gasteiger partial charge in [0.05, 0.1) is 10.6 Å². The fourth-order valence-corrected chi connectivity index (χ4v) is 3.65. The summed E-state index contributed by atoms with van der Waals surface area (Å²) in [7, 11) is 1.74. The summed E-state index contributed by atoms with van der Waals surface area (Å²) in [4.78, 5) is 20.1. The third kappa shape index (κ3) is 3.83. The number of benzene rings is 2. The lowest BCUT2D eigenvalue weighted by molar-refractivity contribution is 0.0773. The molecule has 0 aliphatic heterocycles. The zero-order chi connectivity index (χ0) is 19.5. The van der Waals surface area contributed by atoms with Gasteiger partial charge in [-0.1, -0.05) is 48.0 Å². The van der Waals surface area contributed by atoms with Crippen molar-refractivity contribution in [2.45, 2.75) is 6.54 Å². The Labute approximate surface area is 171 Å². The molecule has 0 radical (unpaired) electrons. The number of thiophene rings is 1. The molecular weight excluding hydrogens is 392 g/mol. The van der Waals surface area contributed by atoms with Crippen molar-refractivity contribution in [3.05, 3.63) is 88.5 Å². The quantitative estimate of drug-likeness (QED) is 0.471. The summed E-state index contributed by atoms with van der Waals surface area (Å²) in [5.74, 6) is 0.593. The minimum absolute atomic E-state index is 0.170. The maximum absolute atomic E-state index is 12.9. The maximum atomic E-state index is 12.9. The van der Waals surface area contributed by atoms with Crippen LogP contribution in [-0.4, -0.2) is 32.6 Å². The van der Waals surface area contributed by atoms with E-state index in [0.29, 0.717) is 17.4 Å². The fourth-order valence-electron chi connectivity index (χ4n) is 2.82. The average molecular weight is 409 g/mol. The van der Waals surface area contributed by atoms with Gasteiger partial charge in [-0.25, -0.2) is 9.67 Å². The molecule has 140 valence electrons. The molecule has 7 heteroatoms. The van der Waals surface area contributed by atoms with Crippen LogP contribution in [0.4, 0.5) is 0 Å². The standard InChI is InChI=1S/C21H17ClN4OS/c1-25(14-15-9-11-16(22)12-10-15)21(27)19-23-20(18-8-5-13-28-18)26(24-19)17-6-3-2-4-7-17/h2-13H,14H2,1H3. The lowest BCUT2D eigenvalue weighted by atomic mass is 10.2. The summed E-state index contributed by atoms with van der Waals surface area (Å²) in [6.07, 6.45) is 0. The zero-order valence-corrected chi connectivity index (χ0v) is 16.7. The van der Waals surface area contributed by atoms with Gasteiger partial charge < -0.3 is 4.90 Å². The predicted octanol–water partition coefficient (Wildman–Crippen LogP) is 4.92. The Hall–Kier alpha value is -2.96. The first-order valence-corrected chi connectivity index (χ1v) is 9.94. The first-order valence-electron chi connectivity index (χ1n) is 8.68. The van der Waals surface area contributed by atoms with E-state index in [1.165, 1.54) is 0 Å². The van der Waals surface area contributed by atoms with E-state index in [0.717, 1.165) is 16.1 Å². The van der Waals surface area contributed by atoms with E-state index in [1.807, 2.05) is 72.1 Å². The summed E-state index contributed by atoms with van der Waals surface area (Å²) in [6.45, 7) is 0.449. The number of halogens is 1. The Kier molecular flexibility index (Phi) is 5.23. The lowest BCUT2D eigenvalue weighted by Crippen LogP contribution is -2.27. The fraction of sp³-hybridized carbons (Fsp3) is 0.0952. The van der Waals surface area contributed by atoms with Gasteiger partial charge in [0, 0.05) is 18.6 Å². The Balaban J connectivity index is 1.65. The van der Waals surface area contributed by atoms with E-state index >= 15 is 0 Å². The van der Waals surface area contributed by atoms with Crippen LogP contribution >= 0.6 is 22.9 Å². The number of rotatable bonds is 5. The highest BCUT2D eigenvalue weighted by Gasteiger charge is 2.22. The second-order valence-electron chi connectivity index (χ2n) is 6.27. The SMILES string of the molecule is CN(Cc1ccc(Cl)cc1)C(=O)c1nc(-c2cccs2)n(-c2ccccc2)n1. The second-order valence-corrected chi connectivity index (χ2v) is 7.66. The first kappa shape index (κ1) is 18.4. The number of nitrogens with zero attached hydrogens (tertiary/aromatic N) is 4. The van der Waals surface area contributed by atoms with Crippen molar-refractivity contribution in [2.75, 3.05) is 7.05 Å². The zero-order valence-electron chi connectivity index (χ0n) is 15.1. The van der Waals surface area contributed by atoms with Crippen LogP contribution in [0.3, 0.4) is 0 Å².